The highest BCUT2D eigenvalue weighted by molar-refractivity contribution is 9.10. The summed E-state index contributed by atoms with van der Waals surface area (Å²) in [6.07, 6.45) is -0.771. The molecule has 0 bridgehead atoms. The minimum Gasteiger partial charge on any atom is -0.480 e. The molecule has 8 heteroatoms. The Morgan fingerprint density at radius 1 is 1.35 bits per heavy atom. The van der Waals surface area contributed by atoms with Gasteiger partial charge in [-0.15, -0.1) is 0 Å². The van der Waals surface area contributed by atoms with Gasteiger partial charge in [-0.1, -0.05) is 5.16 Å². The Hall–Kier alpha value is -2.35. The maximum atomic E-state index is 12.1. The van der Waals surface area contributed by atoms with Crippen molar-refractivity contribution in [3.63, 3.8) is 0 Å². The zero-order chi connectivity index (χ0) is 17.0. The van der Waals surface area contributed by atoms with Gasteiger partial charge in [0.15, 0.2) is 11.9 Å². The summed E-state index contributed by atoms with van der Waals surface area (Å²) in [5, 5.41) is 6.26. The Morgan fingerprint density at radius 3 is 2.65 bits per heavy atom. The van der Waals surface area contributed by atoms with Crippen LogP contribution in [0.3, 0.4) is 0 Å². The SMILES string of the molecule is COC(=O)c1ccc(OC(C)C(=O)Nc2cc(C)on2)c(Br)c1. The van der Waals surface area contributed by atoms with Crippen LogP contribution in [0.4, 0.5) is 5.82 Å². The van der Waals surface area contributed by atoms with Crippen molar-refractivity contribution in [1.29, 1.82) is 0 Å². The van der Waals surface area contributed by atoms with Gasteiger partial charge in [-0.25, -0.2) is 4.79 Å². The monoisotopic (exact) mass is 382 g/mol. The van der Waals surface area contributed by atoms with Crippen molar-refractivity contribution in [1.82, 2.24) is 5.16 Å². The van der Waals surface area contributed by atoms with Crippen molar-refractivity contribution >= 4 is 33.6 Å². The Kier molecular flexibility index (Phi) is 5.38. The molecule has 1 heterocycles. The first-order valence-electron chi connectivity index (χ1n) is 6.69. The molecule has 0 aliphatic carbocycles. The van der Waals surface area contributed by atoms with Gasteiger partial charge in [0.2, 0.25) is 0 Å². The molecule has 1 atom stereocenters. The predicted octanol–water partition coefficient (Wildman–Crippen LogP) is 2.94. The van der Waals surface area contributed by atoms with Crippen molar-refractivity contribution in [2.45, 2.75) is 20.0 Å². The standard InChI is InChI=1S/C15H15BrN2O5/c1-8-6-13(18-23-8)17-14(19)9(2)22-12-5-4-10(7-11(12)16)15(20)21-3/h4-7,9H,1-3H3,(H,17,18,19). The topological polar surface area (TPSA) is 90.7 Å². The van der Waals surface area contributed by atoms with Crippen LogP contribution in [0, 0.1) is 6.92 Å². The van der Waals surface area contributed by atoms with Crippen LogP contribution in [0.5, 0.6) is 5.75 Å². The number of nitrogens with zero attached hydrogens (tertiary/aromatic N) is 1. The van der Waals surface area contributed by atoms with E-state index in [9.17, 15) is 9.59 Å². The Balaban J connectivity index is 2.03. The van der Waals surface area contributed by atoms with E-state index >= 15 is 0 Å². The van der Waals surface area contributed by atoms with Gasteiger partial charge < -0.3 is 19.3 Å². The van der Waals surface area contributed by atoms with Gasteiger partial charge in [0, 0.05) is 6.07 Å². The van der Waals surface area contributed by atoms with Crippen molar-refractivity contribution in [3.8, 4) is 5.75 Å². The number of carbonyl (C=O) groups is 2. The number of nitrogens with one attached hydrogen (secondary N) is 1. The zero-order valence-corrected chi connectivity index (χ0v) is 14.3. The van der Waals surface area contributed by atoms with Crippen LogP contribution in [0.2, 0.25) is 0 Å². The lowest BCUT2D eigenvalue weighted by Gasteiger charge is -2.15. The molecule has 122 valence electrons. The number of hydrogen-bond donors (Lipinski definition) is 1. The second-order valence-corrected chi connectivity index (χ2v) is 5.56. The lowest BCUT2D eigenvalue weighted by atomic mass is 10.2. The summed E-state index contributed by atoms with van der Waals surface area (Å²) in [4.78, 5) is 23.5. The van der Waals surface area contributed by atoms with E-state index in [1.807, 2.05) is 0 Å². The molecule has 0 aliphatic heterocycles. The van der Waals surface area contributed by atoms with Crippen LogP contribution in [0.15, 0.2) is 33.3 Å². The molecular weight excluding hydrogens is 368 g/mol. The molecule has 0 radical (unpaired) electrons. The van der Waals surface area contributed by atoms with Gasteiger partial charge in [-0.2, -0.15) is 0 Å². The number of benzene rings is 1. The van der Waals surface area contributed by atoms with Crippen molar-refractivity contribution < 1.29 is 23.6 Å². The number of methoxy groups -OCH3 is 1. The van der Waals surface area contributed by atoms with E-state index in [0.29, 0.717) is 27.4 Å². The first-order chi connectivity index (χ1) is 10.9. The molecule has 2 aromatic rings. The summed E-state index contributed by atoms with van der Waals surface area (Å²) in [5.74, 6) is 0.515. The third kappa shape index (κ3) is 4.32. The molecule has 1 aromatic heterocycles. The summed E-state index contributed by atoms with van der Waals surface area (Å²) in [7, 11) is 1.30. The molecule has 0 fully saturated rings. The molecule has 0 aliphatic rings. The Morgan fingerprint density at radius 2 is 2.09 bits per heavy atom. The third-order valence-electron chi connectivity index (χ3n) is 2.91. The van der Waals surface area contributed by atoms with Gasteiger partial charge in [0.25, 0.3) is 5.91 Å². The minimum absolute atomic E-state index is 0.322. The molecule has 1 unspecified atom stereocenters. The van der Waals surface area contributed by atoms with Crippen LogP contribution < -0.4 is 10.1 Å². The van der Waals surface area contributed by atoms with Gasteiger partial charge >= 0.3 is 5.97 Å². The maximum Gasteiger partial charge on any atom is 0.337 e. The van der Waals surface area contributed by atoms with E-state index in [1.54, 1.807) is 38.1 Å². The molecule has 1 aromatic carbocycles. The fourth-order valence-corrected chi connectivity index (χ4v) is 2.21. The first-order valence-corrected chi connectivity index (χ1v) is 7.48. The number of ether oxygens (including phenoxy) is 2. The highest BCUT2D eigenvalue weighted by Crippen LogP contribution is 2.27. The van der Waals surface area contributed by atoms with Crippen LogP contribution in [0.25, 0.3) is 0 Å². The lowest BCUT2D eigenvalue weighted by molar-refractivity contribution is -0.122. The van der Waals surface area contributed by atoms with Gasteiger partial charge in [0.05, 0.1) is 17.1 Å². The summed E-state index contributed by atoms with van der Waals surface area (Å²) in [6.45, 7) is 3.32. The molecular formula is C15H15BrN2O5. The summed E-state index contributed by atoms with van der Waals surface area (Å²) in [6, 6.07) is 6.30. The van der Waals surface area contributed by atoms with Gasteiger partial charge in [0.1, 0.15) is 11.5 Å². The molecule has 7 nitrogen and oxygen atoms in total. The number of esters is 1. The number of aryl methyl sites for hydroxylation is 1. The molecule has 2 rings (SSSR count). The van der Waals surface area contributed by atoms with E-state index in [0.717, 1.165) is 0 Å². The van der Waals surface area contributed by atoms with E-state index in [2.05, 4.69) is 31.1 Å². The quantitative estimate of drug-likeness (QED) is 0.799. The highest BCUT2D eigenvalue weighted by Gasteiger charge is 2.18. The number of aromatic nitrogens is 1. The third-order valence-corrected chi connectivity index (χ3v) is 3.52. The van der Waals surface area contributed by atoms with Crippen LogP contribution in [0.1, 0.15) is 23.0 Å². The molecule has 0 saturated heterocycles. The smallest absolute Gasteiger partial charge is 0.337 e. The summed E-state index contributed by atoms with van der Waals surface area (Å²) in [5.41, 5.74) is 0.377. The number of anilines is 1. The normalized spacial score (nSPS) is 11.7. The van der Waals surface area contributed by atoms with Gasteiger partial charge in [-0.3, -0.25) is 4.79 Å². The van der Waals surface area contributed by atoms with Crippen LogP contribution in [-0.2, 0) is 9.53 Å². The molecule has 23 heavy (non-hydrogen) atoms. The van der Waals surface area contributed by atoms with Gasteiger partial charge in [-0.05, 0) is 48.0 Å². The molecule has 0 saturated carbocycles. The highest BCUT2D eigenvalue weighted by atomic mass is 79.9. The number of carbonyl (C=O) groups excluding carboxylic acids is 2. The largest absolute Gasteiger partial charge is 0.480 e. The number of hydrogen-bond acceptors (Lipinski definition) is 6. The summed E-state index contributed by atoms with van der Waals surface area (Å²) >= 11 is 3.30. The fourth-order valence-electron chi connectivity index (χ4n) is 1.74. The molecule has 1 N–H and O–H groups in total. The average molecular weight is 383 g/mol. The average Bonchev–Trinajstić information content (AvgIpc) is 2.93. The van der Waals surface area contributed by atoms with Crippen LogP contribution >= 0.6 is 15.9 Å². The number of amides is 1. The van der Waals surface area contributed by atoms with Crippen LogP contribution in [-0.4, -0.2) is 30.2 Å². The Bertz CT molecular complexity index is 728. The second kappa shape index (κ2) is 7.28. The summed E-state index contributed by atoms with van der Waals surface area (Å²) < 4.78 is 15.6. The maximum absolute atomic E-state index is 12.1. The van der Waals surface area contributed by atoms with E-state index in [1.165, 1.54) is 7.11 Å². The molecule has 0 spiro atoms. The van der Waals surface area contributed by atoms with Crippen molar-refractivity contribution in [2.75, 3.05) is 12.4 Å². The Labute approximate surface area is 141 Å². The fraction of sp³-hybridized carbons (Fsp3) is 0.267. The second-order valence-electron chi connectivity index (χ2n) is 4.71. The van der Waals surface area contributed by atoms with E-state index in [-0.39, 0.29) is 5.91 Å². The number of rotatable bonds is 5. The number of halogens is 1. The first kappa shape index (κ1) is 17.0. The molecule has 1 amide bonds. The minimum atomic E-state index is -0.771. The zero-order valence-electron chi connectivity index (χ0n) is 12.8. The van der Waals surface area contributed by atoms with Crippen molar-refractivity contribution in [2.24, 2.45) is 0 Å². The predicted molar refractivity (Wildman–Crippen MR) is 85.4 cm³/mol. The van der Waals surface area contributed by atoms with E-state index in [4.69, 9.17) is 9.26 Å². The van der Waals surface area contributed by atoms with E-state index < -0.39 is 12.1 Å². The van der Waals surface area contributed by atoms with Crippen molar-refractivity contribution in [3.05, 3.63) is 40.1 Å². The lowest BCUT2D eigenvalue weighted by Crippen LogP contribution is -2.30.